The SMILES string of the molecule is Cc1cc([C@@H]2CCCN2Cc2ccccc2)on1. The number of benzene rings is 1. The third-order valence-corrected chi connectivity index (χ3v) is 3.57. The van der Waals surface area contributed by atoms with Crippen LogP contribution >= 0.6 is 0 Å². The van der Waals surface area contributed by atoms with E-state index in [0.717, 1.165) is 24.5 Å². The van der Waals surface area contributed by atoms with E-state index < -0.39 is 0 Å². The Kier molecular flexibility index (Phi) is 3.15. The molecule has 2 heterocycles. The van der Waals surface area contributed by atoms with Gasteiger partial charge in [0.25, 0.3) is 0 Å². The lowest BCUT2D eigenvalue weighted by atomic mass is 10.1. The summed E-state index contributed by atoms with van der Waals surface area (Å²) in [5, 5.41) is 4.00. The highest BCUT2D eigenvalue weighted by molar-refractivity contribution is 5.16. The summed E-state index contributed by atoms with van der Waals surface area (Å²) < 4.78 is 5.42. The number of aromatic nitrogens is 1. The summed E-state index contributed by atoms with van der Waals surface area (Å²) in [5.41, 5.74) is 2.33. The Morgan fingerprint density at radius 3 is 2.89 bits per heavy atom. The molecule has 1 saturated heterocycles. The molecule has 2 aromatic rings. The smallest absolute Gasteiger partial charge is 0.154 e. The predicted molar refractivity (Wildman–Crippen MR) is 70.1 cm³/mol. The fourth-order valence-corrected chi connectivity index (χ4v) is 2.70. The van der Waals surface area contributed by atoms with Crippen LogP contribution < -0.4 is 0 Å². The molecule has 0 spiro atoms. The molecule has 3 heteroatoms. The molecule has 94 valence electrons. The molecule has 0 aliphatic carbocycles. The van der Waals surface area contributed by atoms with Gasteiger partial charge in [-0.15, -0.1) is 0 Å². The van der Waals surface area contributed by atoms with Gasteiger partial charge in [0.1, 0.15) is 0 Å². The minimum Gasteiger partial charge on any atom is -0.359 e. The molecule has 0 radical (unpaired) electrons. The molecule has 1 aliphatic heterocycles. The van der Waals surface area contributed by atoms with Gasteiger partial charge >= 0.3 is 0 Å². The van der Waals surface area contributed by atoms with Crippen molar-refractivity contribution >= 4 is 0 Å². The van der Waals surface area contributed by atoms with Crippen LogP contribution in [0.2, 0.25) is 0 Å². The molecule has 1 aliphatic rings. The Bertz CT molecular complexity index is 506. The van der Waals surface area contributed by atoms with Gasteiger partial charge in [0.05, 0.1) is 11.7 Å². The quantitative estimate of drug-likeness (QED) is 0.826. The standard InChI is InChI=1S/C15H18N2O/c1-12-10-15(18-16-12)14-8-5-9-17(14)11-13-6-3-2-4-7-13/h2-4,6-7,10,14H,5,8-9,11H2,1H3/t14-/m0/s1. The molecule has 0 amide bonds. The average Bonchev–Trinajstić information content (AvgIpc) is 2.99. The van der Waals surface area contributed by atoms with Crippen molar-refractivity contribution < 1.29 is 4.52 Å². The lowest BCUT2D eigenvalue weighted by Crippen LogP contribution is -2.22. The molecule has 0 unspecified atom stereocenters. The summed E-state index contributed by atoms with van der Waals surface area (Å²) in [6, 6.07) is 13.1. The van der Waals surface area contributed by atoms with E-state index in [1.807, 2.05) is 6.92 Å². The molecule has 18 heavy (non-hydrogen) atoms. The Labute approximate surface area is 107 Å². The predicted octanol–water partition coefficient (Wildman–Crippen LogP) is 3.32. The van der Waals surface area contributed by atoms with E-state index >= 15 is 0 Å². The molecular weight excluding hydrogens is 224 g/mol. The summed E-state index contributed by atoms with van der Waals surface area (Å²) >= 11 is 0. The minimum atomic E-state index is 0.395. The lowest BCUT2D eigenvalue weighted by molar-refractivity contribution is 0.206. The maximum Gasteiger partial charge on any atom is 0.154 e. The van der Waals surface area contributed by atoms with Crippen LogP contribution in [0.15, 0.2) is 40.9 Å². The van der Waals surface area contributed by atoms with E-state index in [0.29, 0.717) is 6.04 Å². The van der Waals surface area contributed by atoms with E-state index in [4.69, 9.17) is 4.52 Å². The van der Waals surface area contributed by atoms with E-state index in [1.165, 1.54) is 18.4 Å². The Morgan fingerprint density at radius 1 is 1.33 bits per heavy atom. The molecule has 0 saturated carbocycles. The topological polar surface area (TPSA) is 29.3 Å². The molecule has 1 aromatic carbocycles. The highest BCUT2D eigenvalue weighted by Crippen LogP contribution is 2.33. The van der Waals surface area contributed by atoms with Crippen LogP contribution in [0, 0.1) is 6.92 Å². The van der Waals surface area contributed by atoms with Gasteiger partial charge in [-0.1, -0.05) is 35.5 Å². The summed E-state index contributed by atoms with van der Waals surface area (Å²) in [4.78, 5) is 2.48. The second-order valence-electron chi connectivity index (χ2n) is 4.98. The number of aryl methyl sites for hydroxylation is 1. The average molecular weight is 242 g/mol. The maximum atomic E-state index is 5.42. The van der Waals surface area contributed by atoms with Crippen molar-refractivity contribution in [1.82, 2.24) is 10.1 Å². The van der Waals surface area contributed by atoms with Crippen molar-refractivity contribution in [1.29, 1.82) is 0 Å². The summed E-state index contributed by atoms with van der Waals surface area (Å²) in [6.45, 7) is 4.11. The zero-order valence-electron chi connectivity index (χ0n) is 10.7. The second kappa shape index (κ2) is 4.94. The summed E-state index contributed by atoms with van der Waals surface area (Å²) in [6.07, 6.45) is 2.40. The highest BCUT2D eigenvalue weighted by Gasteiger charge is 2.28. The largest absolute Gasteiger partial charge is 0.359 e. The first-order valence-electron chi connectivity index (χ1n) is 6.54. The van der Waals surface area contributed by atoms with Crippen molar-refractivity contribution in [2.75, 3.05) is 6.54 Å². The van der Waals surface area contributed by atoms with E-state index in [-0.39, 0.29) is 0 Å². The van der Waals surface area contributed by atoms with Crippen LogP contribution in [0.4, 0.5) is 0 Å². The van der Waals surface area contributed by atoms with Crippen LogP contribution in [0.25, 0.3) is 0 Å². The zero-order chi connectivity index (χ0) is 12.4. The van der Waals surface area contributed by atoms with Gasteiger partial charge in [-0.2, -0.15) is 0 Å². The number of hydrogen-bond donors (Lipinski definition) is 0. The summed E-state index contributed by atoms with van der Waals surface area (Å²) in [5.74, 6) is 1.01. The van der Waals surface area contributed by atoms with Crippen molar-refractivity contribution in [2.45, 2.75) is 32.4 Å². The first-order chi connectivity index (χ1) is 8.83. The lowest BCUT2D eigenvalue weighted by Gasteiger charge is -2.22. The van der Waals surface area contributed by atoms with E-state index in [9.17, 15) is 0 Å². The Hall–Kier alpha value is -1.61. The van der Waals surface area contributed by atoms with E-state index in [2.05, 4.69) is 46.5 Å². The Morgan fingerprint density at radius 2 is 2.17 bits per heavy atom. The molecule has 1 atom stereocenters. The van der Waals surface area contributed by atoms with Gasteiger partial charge in [0, 0.05) is 12.6 Å². The third kappa shape index (κ3) is 2.31. The number of rotatable bonds is 3. The minimum absolute atomic E-state index is 0.395. The fraction of sp³-hybridized carbons (Fsp3) is 0.400. The number of nitrogens with zero attached hydrogens (tertiary/aromatic N) is 2. The molecule has 1 aromatic heterocycles. The molecule has 3 nitrogen and oxygen atoms in total. The first-order valence-corrected chi connectivity index (χ1v) is 6.54. The fourth-order valence-electron chi connectivity index (χ4n) is 2.70. The monoisotopic (exact) mass is 242 g/mol. The second-order valence-corrected chi connectivity index (χ2v) is 4.98. The Balaban J connectivity index is 1.75. The van der Waals surface area contributed by atoms with Gasteiger partial charge in [-0.05, 0) is 31.9 Å². The molecular formula is C15H18N2O. The van der Waals surface area contributed by atoms with E-state index in [1.54, 1.807) is 0 Å². The van der Waals surface area contributed by atoms with Crippen molar-refractivity contribution in [3.8, 4) is 0 Å². The van der Waals surface area contributed by atoms with Gasteiger partial charge < -0.3 is 4.52 Å². The third-order valence-electron chi connectivity index (χ3n) is 3.57. The molecule has 0 N–H and O–H groups in total. The molecule has 3 rings (SSSR count). The van der Waals surface area contributed by atoms with Crippen molar-refractivity contribution in [3.63, 3.8) is 0 Å². The van der Waals surface area contributed by atoms with Crippen molar-refractivity contribution in [2.24, 2.45) is 0 Å². The highest BCUT2D eigenvalue weighted by atomic mass is 16.5. The van der Waals surface area contributed by atoms with Crippen LogP contribution in [0.5, 0.6) is 0 Å². The van der Waals surface area contributed by atoms with Gasteiger partial charge in [-0.3, -0.25) is 4.90 Å². The van der Waals surface area contributed by atoms with Crippen LogP contribution in [-0.2, 0) is 6.54 Å². The summed E-state index contributed by atoms with van der Waals surface area (Å²) in [7, 11) is 0. The van der Waals surface area contributed by atoms with Crippen LogP contribution in [0.1, 0.15) is 35.9 Å². The number of hydrogen-bond acceptors (Lipinski definition) is 3. The van der Waals surface area contributed by atoms with Crippen LogP contribution in [0.3, 0.4) is 0 Å². The number of likely N-dealkylation sites (tertiary alicyclic amines) is 1. The van der Waals surface area contributed by atoms with Crippen molar-refractivity contribution in [3.05, 3.63) is 53.4 Å². The van der Waals surface area contributed by atoms with Gasteiger partial charge in [0.2, 0.25) is 0 Å². The molecule has 0 bridgehead atoms. The first kappa shape index (κ1) is 11.5. The van der Waals surface area contributed by atoms with Gasteiger partial charge in [-0.25, -0.2) is 0 Å². The maximum absolute atomic E-state index is 5.42. The molecule has 1 fully saturated rings. The van der Waals surface area contributed by atoms with Gasteiger partial charge in [0.15, 0.2) is 5.76 Å². The normalized spacial score (nSPS) is 20.4. The zero-order valence-corrected chi connectivity index (χ0v) is 10.7. The van der Waals surface area contributed by atoms with Crippen LogP contribution in [-0.4, -0.2) is 16.6 Å².